The molecule has 4 aromatic rings. The van der Waals surface area contributed by atoms with Gasteiger partial charge in [-0.3, -0.25) is 0 Å². The zero-order valence-electron chi connectivity index (χ0n) is 15.6. The van der Waals surface area contributed by atoms with Crippen LogP contribution in [0.5, 0.6) is 0 Å². The third-order valence-electron chi connectivity index (χ3n) is 4.55. The minimum Gasteiger partial charge on any atom is -0.394 e. The summed E-state index contributed by atoms with van der Waals surface area (Å²) in [5.74, 6) is 0.819. The zero-order valence-corrected chi connectivity index (χ0v) is 15.6. The van der Waals surface area contributed by atoms with Gasteiger partial charge in [-0.2, -0.15) is 0 Å². The molecule has 4 rings (SSSR count). The van der Waals surface area contributed by atoms with Crippen LogP contribution in [-0.2, 0) is 6.54 Å². The van der Waals surface area contributed by atoms with Crippen LogP contribution in [0, 0.1) is 0 Å². The van der Waals surface area contributed by atoms with Crippen molar-refractivity contribution in [2.75, 3.05) is 31.3 Å². The van der Waals surface area contributed by atoms with Gasteiger partial charge in [0.05, 0.1) is 31.0 Å². The van der Waals surface area contributed by atoms with E-state index in [-0.39, 0.29) is 13.2 Å². The van der Waals surface area contributed by atoms with Crippen molar-refractivity contribution in [1.29, 1.82) is 0 Å². The fraction of sp³-hybridized carbons (Fsp3) is 0.263. The number of rotatable bonds is 5. The number of aliphatic hydroxyl groups excluding tert-OH is 2. The summed E-state index contributed by atoms with van der Waals surface area (Å²) in [7, 11) is 3.96. The minimum atomic E-state index is -0.892. The first kappa shape index (κ1) is 18.1. The molecule has 0 fully saturated rings. The van der Waals surface area contributed by atoms with Crippen LogP contribution in [0.1, 0.15) is 0 Å². The van der Waals surface area contributed by atoms with E-state index in [1.54, 1.807) is 17.0 Å². The molecule has 9 nitrogen and oxygen atoms in total. The molecule has 0 spiro atoms. The van der Waals surface area contributed by atoms with E-state index >= 15 is 0 Å². The van der Waals surface area contributed by atoms with E-state index in [9.17, 15) is 5.11 Å². The third-order valence-corrected chi connectivity index (χ3v) is 4.55. The van der Waals surface area contributed by atoms with Gasteiger partial charge in [0.1, 0.15) is 11.3 Å². The van der Waals surface area contributed by atoms with Gasteiger partial charge in [0.15, 0.2) is 17.1 Å². The van der Waals surface area contributed by atoms with Crippen LogP contribution in [0.3, 0.4) is 0 Å². The van der Waals surface area contributed by atoms with Crippen LogP contribution >= 0.6 is 0 Å². The number of imidazole rings is 1. The first-order valence-corrected chi connectivity index (χ1v) is 8.82. The number of nitrogens with zero attached hydrogens (tertiary/aromatic N) is 6. The van der Waals surface area contributed by atoms with Crippen molar-refractivity contribution in [3.63, 3.8) is 0 Å². The molecule has 0 aliphatic rings. The second kappa shape index (κ2) is 7.02. The topological polar surface area (TPSA) is 126 Å². The molecule has 0 unspecified atom stereocenters. The molecule has 144 valence electrons. The Hall–Kier alpha value is -3.30. The highest BCUT2D eigenvalue weighted by Crippen LogP contribution is 2.26. The maximum Gasteiger partial charge on any atom is 0.167 e. The van der Waals surface area contributed by atoms with Crippen molar-refractivity contribution >= 4 is 33.7 Å². The predicted molar refractivity (Wildman–Crippen MR) is 108 cm³/mol. The number of hydrogen-bond acceptors (Lipinski definition) is 8. The molecule has 0 saturated heterocycles. The molecular formula is C19H21N7O2. The summed E-state index contributed by atoms with van der Waals surface area (Å²) in [5, 5.41) is 19.4. The Kier molecular flexibility index (Phi) is 4.54. The highest BCUT2D eigenvalue weighted by atomic mass is 16.3. The highest BCUT2D eigenvalue weighted by Gasteiger charge is 2.14. The summed E-state index contributed by atoms with van der Waals surface area (Å²) in [6, 6.07) is 9.64. The molecule has 0 amide bonds. The Morgan fingerprint density at radius 3 is 2.57 bits per heavy atom. The molecule has 1 atom stereocenters. The van der Waals surface area contributed by atoms with Gasteiger partial charge in [-0.15, -0.1) is 0 Å². The van der Waals surface area contributed by atoms with Gasteiger partial charge in [-0.1, -0.05) is 0 Å². The van der Waals surface area contributed by atoms with Crippen LogP contribution < -0.4 is 10.6 Å². The van der Waals surface area contributed by atoms with Gasteiger partial charge in [0.25, 0.3) is 0 Å². The molecule has 1 aromatic carbocycles. The van der Waals surface area contributed by atoms with Gasteiger partial charge in [0, 0.05) is 25.3 Å². The Balaban J connectivity index is 1.81. The van der Waals surface area contributed by atoms with Crippen LogP contribution in [-0.4, -0.2) is 61.5 Å². The van der Waals surface area contributed by atoms with Crippen molar-refractivity contribution in [3.8, 4) is 11.4 Å². The van der Waals surface area contributed by atoms with Gasteiger partial charge < -0.3 is 25.4 Å². The van der Waals surface area contributed by atoms with E-state index in [2.05, 4.69) is 19.9 Å². The predicted octanol–water partition coefficient (Wildman–Crippen LogP) is 1.04. The number of hydrogen-bond donors (Lipinski definition) is 3. The second-order valence-electron chi connectivity index (χ2n) is 6.81. The first-order chi connectivity index (χ1) is 13.5. The Labute approximate surface area is 161 Å². The number of aromatic nitrogens is 5. The summed E-state index contributed by atoms with van der Waals surface area (Å²) in [4.78, 5) is 19.9. The van der Waals surface area contributed by atoms with E-state index in [1.165, 1.54) is 0 Å². The largest absolute Gasteiger partial charge is 0.394 e. The Morgan fingerprint density at radius 2 is 1.89 bits per heavy atom. The minimum absolute atomic E-state index is 0.185. The Bertz CT molecular complexity index is 1140. The number of aliphatic hydroxyl groups is 2. The summed E-state index contributed by atoms with van der Waals surface area (Å²) < 4.78 is 1.68. The summed E-state index contributed by atoms with van der Waals surface area (Å²) in [6.07, 6.45) is 0.677. The monoisotopic (exact) mass is 379 g/mol. The number of pyridine rings is 1. The molecule has 9 heteroatoms. The molecule has 0 saturated carbocycles. The summed E-state index contributed by atoms with van der Waals surface area (Å²) in [5.41, 5.74) is 9.71. The standard InChI is InChI=1S/C19H21N7O2/c1-25(2)12-5-3-11(4-6-12)17-22-16(20)14-7-15-19(24-18(14)23-17)26(10-21-15)8-13(28)9-27/h3-7,10,13,27-28H,8-9H2,1-2H3,(H2,20,22,23,24)/t13-/m0/s1. The number of nitrogen functional groups attached to an aromatic ring is 1. The Morgan fingerprint density at radius 1 is 1.14 bits per heavy atom. The number of anilines is 2. The molecule has 28 heavy (non-hydrogen) atoms. The van der Waals surface area contributed by atoms with Gasteiger partial charge >= 0.3 is 0 Å². The van der Waals surface area contributed by atoms with E-state index in [0.717, 1.165) is 11.3 Å². The normalized spacial score (nSPS) is 12.6. The van der Waals surface area contributed by atoms with Crippen LogP contribution in [0.15, 0.2) is 36.7 Å². The fourth-order valence-electron chi connectivity index (χ4n) is 3.01. The molecule has 0 radical (unpaired) electrons. The quantitative estimate of drug-likeness (QED) is 0.470. The lowest BCUT2D eigenvalue weighted by Crippen LogP contribution is -2.19. The van der Waals surface area contributed by atoms with Gasteiger partial charge in [-0.25, -0.2) is 19.9 Å². The average Bonchev–Trinajstić information content (AvgIpc) is 3.08. The van der Waals surface area contributed by atoms with Gasteiger partial charge in [0.2, 0.25) is 0 Å². The van der Waals surface area contributed by atoms with Crippen molar-refractivity contribution < 1.29 is 10.2 Å². The lowest BCUT2D eigenvalue weighted by molar-refractivity contribution is 0.0820. The molecule has 3 heterocycles. The van der Waals surface area contributed by atoms with Crippen molar-refractivity contribution in [1.82, 2.24) is 24.5 Å². The molecule has 0 aliphatic heterocycles. The fourth-order valence-corrected chi connectivity index (χ4v) is 3.01. The van der Waals surface area contributed by atoms with Crippen LogP contribution in [0.25, 0.3) is 33.6 Å². The molecule has 0 bridgehead atoms. The molecular weight excluding hydrogens is 358 g/mol. The van der Waals surface area contributed by atoms with E-state index in [4.69, 9.17) is 10.8 Å². The van der Waals surface area contributed by atoms with Crippen molar-refractivity contribution in [2.45, 2.75) is 12.6 Å². The zero-order chi connectivity index (χ0) is 19.8. The number of benzene rings is 1. The van der Waals surface area contributed by atoms with Crippen molar-refractivity contribution in [3.05, 3.63) is 36.7 Å². The van der Waals surface area contributed by atoms with E-state index in [0.29, 0.717) is 33.8 Å². The third kappa shape index (κ3) is 3.21. The molecule has 0 aliphatic carbocycles. The lowest BCUT2D eigenvalue weighted by atomic mass is 10.2. The molecule has 4 N–H and O–H groups in total. The number of nitrogens with two attached hydrogens (primary N) is 1. The van der Waals surface area contributed by atoms with Crippen molar-refractivity contribution in [2.24, 2.45) is 0 Å². The highest BCUT2D eigenvalue weighted by molar-refractivity contribution is 5.94. The van der Waals surface area contributed by atoms with E-state index < -0.39 is 6.10 Å². The second-order valence-corrected chi connectivity index (χ2v) is 6.81. The average molecular weight is 379 g/mol. The smallest absolute Gasteiger partial charge is 0.167 e. The summed E-state index contributed by atoms with van der Waals surface area (Å²) in [6.45, 7) is -0.152. The SMILES string of the molecule is CN(C)c1ccc(-c2nc(N)c3cc4ncn(C[C@H](O)CO)c4nc3n2)cc1. The van der Waals surface area contributed by atoms with E-state index in [1.807, 2.05) is 43.3 Å². The maximum atomic E-state index is 9.73. The van der Waals surface area contributed by atoms with Crippen LogP contribution in [0.2, 0.25) is 0 Å². The van der Waals surface area contributed by atoms with Gasteiger partial charge in [-0.05, 0) is 30.3 Å². The number of fused-ring (bicyclic) bond motifs is 2. The lowest BCUT2D eigenvalue weighted by Gasteiger charge is -2.12. The van der Waals surface area contributed by atoms with Crippen LogP contribution in [0.4, 0.5) is 11.5 Å². The first-order valence-electron chi connectivity index (χ1n) is 8.82. The summed E-state index contributed by atoms with van der Waals surface area (Å²) >= 11 is 0. The molecule has 3 aromatic heterocycles. The maximum absolute atomic E-state index is 9.73.